The van der Waals surface area contributed by atoms with Crippen molar-refractivity contribution in [3.63, 3.8) is 0 Å². The number of hydrogen-bond acceptors (Lipinski definition) is 4. The summed E-state index contributed by atoms with van der Waals surface area (Å²) in [4.78, 5) is 20.6. The zero-order valence-electron chi connectivity index (χ0n) is 7.19. The van der Waals surface area contributed by atoms with Crippen LogP contribution in [0, 0.1) is 10.1 Å². The summed E-state index contributed by atoms with van der Waals surface area (Å²) in [6.45, 7) is 0.648. The van der Waals surface area contributed by atoms with Gasteiger partial charge in [-0.3, -0.25) is 14.9 Å². The van der Waals surface area contributed by atoms with Crippen molar-refractivity contribution < 1.29 is 14.5 Å². The fourth-order valence-corrected chi connectivity index (χ4v) is 1.15. The minimum absolute atomic E-state index is 0.0918. The molecule has 6 nitrogen and oxygen atoms in total. The van der Waals surface area contributed by atoms with Gasteiger partial charge in [0.15, 0.2) is 0 Å². The maximum atomic E-state index is 11.0. The number of amides is 1. The van der Waals surface area contributed by atoms with E-state index >= 15 is 0 Å². The average Bonchev–Trinajstić information content (AvgIpc) is 2.26. The summed E-state index contributed by atoms with van der Waals surface area (Å²) in [5.41, 5.74) is 0. The lowest BCUT2D eigenvalue weighted by atomic mass is 10.2. The highest BCUT2D eigenvalue weighted by Gasteiger charge is 2.18. The Morgan fingerprint density at radius 3 is 3.15 bits per heavy atom. The van der Waals surface area contributed by atoms with Crippen LogP contribution in [0.1, 0.15) is 12.8 Å². The molecule has 0 aromatic carbocycles. The molecule has 0 spiro atoms. The molecule has 1 aliphatic heterocycles. The van der Waals surface area contributed by atoms with Crippen LogP contribution < -0.4 is 5.32 Å². The van der Waals surface area contributed by atoms with Gasteiger partial charge >= 0.3 is 0 Å². The minimum atomic E-state index is -0.392. The molecule has 1 atom stereocenters. The molecule has 1 fully saturated rings. The van der Waals surface area contributed by atoms with Crippen LogP contribution >= 0.6 is 0 Å². The van der Waals surface area contributed by atoms with E-state index in [-0.39, 0.29) is 18.5 Å². The van der Waals surface area contributed by atoms with E-state index in [4.69, 9.17) is 4.74 Å². The Balaban J connectivity index is 2.30. The van der Waals surface area contributed by atoms with Crippen LogP contribution in [0.2, 0.25) is 0 Å². The van der Waals surface area contributed by atoms with Crippen molar-refractivity contribution in [1.29, 1.82) is 0 Å². The first-order chi connectivity index (χ1) is 6.18. The molecular formula is C7H12N2O4. The van der Waals surface area contributed by atoms with E-state index in [0.29, 0.717) is 26.1 Å². The quantitative estimate of drug-likeness (QED) is 0.480. The van der Waals surface area contributed by atoms with E-state index in [2.05, 4.69) is 5.32 Å². The van der Waals surface area contributed by atoms with Crippen LogP contribution in [0.15, 0.2) is 0 Å². The predicted octanol–water partition coefficient (Wildman–Crippen LogP) is -0.442. The van der Waals surface area contributed by atoms with Gasteiger partial charge in [-0.2, -0.15) is 0 Å². The molecule has 1 heterocycles. The fourth-order valence-electron chi connectivity index (χ4n) is 1.15. The standard InChI is InChI=1S/C7H12N2O4/c10-7-2-4-13-5-6(8-7)1-3-9(11)12/h6H,1-5H2,(H,8,10). The van der Waals surface area contributed by atoms with Crippen molar-refractivity contribution in [3.05, 3.63) is 10.1 Å². The lowest BCUT2D eigenvalue weighted by Gasteiger charge is -2.11. The van der Waals surface area contributed by atoms with E-state index in [0.717, 1.165) is 0 Å². The maximum Gasteiger partial charge on any atom is 0.222 e. The molecule has 0 aliphatic carbocycles. The molecular weight excluding hydrogens is 176 g/mol. The Hall–Kier alpha value is -1.17. The molecule has 1 amide bonds. The predicted molar refractivity (Wildman–Crippen MR) is 43.8 cm³/mol. The molecule has 13 heavy (non-hydrogen) atoms. The Morgan fingerprint density at radius 2 is 2.46 bits per heavy atom. The number of nitro groups is 1. The largest absolute Gasteiger partial charge is 0.379 e. The average molecular weight is 188 g/mol. The Morgan fingerprint density at radius 1 is 1.69 bits per heavy atom. The number of carbonyl (C=O) groups is 1. The zero-order valence-corrected chi connectivity index (χ0v) is 7.19. The molecule has 1 saturated heterocycles. The lowest BCUT2D eigenvalue weighted by Crippen LogP contribution is -2.36. The highest BCUT2D eigenvalue weighted by Crippen LogP contribution is 2.00. The van der Waals surface area contributed by atoms with Crippen molar-refractivity contribution in [2.45, 2.75) is 18.9 Å². The zero-order chi connectivity index (χ0) is 9.68. The summed E-state index contributed by atoms with van der Waals surface area (Å²) in [6, 6.07) is -0.208. The van der Waals surface area contributed by atoms with Crippen LogP contribution in [-0.2, 0) is 9.53 Å². The van der Waals surface area contributed by atoms with Gasteiger partial charge in [0.05, 0.1) is 19.3 Å². The van der Waals surface area contributed by atoms with Crippen molar-refractivity contribution in [1.82, 2.24) is 5.32 Å². The van der Waals surface area contributed by atoms with Crippen LogP contribution in [0.3, 0.4) is 0 Å². The van der Waals surface area contributed by atoms with E-state index < -0.39 is 4.92 Å². The summed E-state index contributed by atoms with van der Waals surface area (Å²) >= 11 is 0. The first-order valence-electron chi connectivity index (χ1n) is 4.17. The molecule has 1 unspecified atom stereocenters. The van der Waals surface area contributed by atoms with E-state index in [1.807, 2.05) is 0 Å². The monoisotopic (exact) mass is 188 g/mol. The third kappa shape index (κ3) is 3.84. The topological polar surface area (TPSA) is 81.5 Å². The molecule has 0 radical (unpaired) electrons. The fraction of sp³-hybridized carbons (Fsp3) is 0.857. The Kier molecular flexibility index (Phi) is 3.63. The highest BCUT2D eigenvalue weighted by molar-refractivity contribution is 5.76. The molecule has 0 aromatic heterocycles. The number of carbonyl (C=O) groups excluding carboxylic acids is 1. The number of nitrogens with zero attached hydrogens (tertiary/aromatic N) is 1. The van der Waals surface area contributed by atoms with E-state index in [9.17, 15) is 14.9 Å². The summed E-state index contributed by atoms with van der Waals surface area (Å²) in [5.74, 6) is -0.0918. The van der Waals surface area contributed by atoms with Crippen LogP contribution in [0.25, 0.3) is 0 Å². The molecule has 6 heteroatoms. The molecule has 0 aromatic rings. The van der Waals surface area contributed by atoms with Crippen molar-refractivity contribution >= 4 is 5.91 Å². The molecule has 1 N–H and O–H groups in total. The van der Waals surface area contributed by atoms with Gasteiger partial charge in [-0.1, -0.05) is 0 Å². The second-order valence-corrected chi connectivity index (χ2v) is 2.93. The summed E-state index contributed by atoms with van der Waals surface area (Å²) in [5, 5.41) is 12.7. The van der Waals surface area contributed by atoms with Crippen LogP contribution in [0.5, 0.6) is 0 Å². The molecule has 0 saturated carbocycles. The second-order valence-electron chi connectivity index (χ2n) is 2.93. The van der Waals surface area contributed by atoms with Crippen molar-refractivity contribution in [3.8, 4) is 0 Å². The minimum Gasteiger partial charge on any atom is -0.379 e. The number of ether oxygens (including phenoxy) is 1. The maximum absolute atomic E-state index is 11.0. The van der Waals surface area contributed by atoms with Crippen molar-refractivity contribution in [2.75, 3.05) is 19.8 Å². The van der Waals surface area contributed by atoms with Gasteiger partial charge < -0.3 is 10.1 Å². The number of rotatable bonds is 3. The van der Waals surface area contributed by atoms with Gasteiger partial charge in [0.1, 0.15) is 0 Å². The van der Waals surface area contributed by atoms with Crippen molar-refractivity contribution in [2.24, 2.45) is 0 Å². The Labute approximate surface area is 75.4 Å². The van der Waals surface area contributed by atoms with E-state index in [1.165, 1.54) is 0 Å². The smallest absolute Gasteiger partial charge is 0.222 e. The third-order valence-corrected chi connectivity index (χ3v) is 1.82. The number of hydrogen-bond donors (Lipinski definition) is 1. The van der Waals surface area contributed by atoms with Gasteiger partial charge in [-0.05, 0) is 0 Å². The SMILES string of the molecule is O=C1CCOCC(CC[N+](=O)[O-])N1. The van der Waals surface area contributed by atoms with Crippen LogP contribution in [-0.4, -0.2) is 36.6 Å². The third-order valence-electron chi connectivity index (χ3n) is 1.82. The molecule has 74 valence electrons. The van der Waals surface area contributed by atoms with Crippen LogP contribution in [0.4, 0.5) is 0 Å². The first-order valence-corrected chi connectivity index (χ1v) is 4.17. The van der Waals surface area contributed by atoms with Gasteiger partial charge in [-0.25, -0.2) is 0 Å². The lowest BCUT2D eigenvalue weighted by molar-refractivity contribution is -0.481. The summed E-state index contributed by atoms with van der Waals surface area (Å²) < 4.78 is 5.10. The number of nitrogens with one attached hydrogen (secondary N) is 1. The van der Waals surface area contributed by atoms with Gasteiger partial charge in [-0.15, -0.1) is 0 Å². The van der Waals surface area contributed by atoms with Gasteiger partial charge in [0.2, 0.25) is 12.5 Å². The second kappa shape index (κ2) is 4.76. The Bertz CT molecular complexity index is 207. The van der Waals surface area contributed by atoms with Gasteiger partial charge in [0, 0.05) is 17.8 Å². The van der Waals surface area contributed by atoms with E-state index in [1.54, 1.807) is 0 Å². The first kappa shape index (κ1) is 9.91. The molecule has 1 rings (SSSR count). The molecule has 1 aliphatic rings. The molecule has 0 bridgehead atoms. The van der Waals surface area contributed by atoms with Gasteiger partial charge in [0.25, 0.3) is 0 Å². The summed E-state index contributed by atoms with van der Waals surface area (Å²) in [6.07, 6.45) is 0.674. The summed E-state index contributed by atoms with van der Waals surface area (Å²) in [7, 11) is 0. The normalized spacial score (nSPS) is 23.4. The highest BCUT2D eigenvalue weighted by atomic mass is 16.6.